The molecule has 1 fully saturated rings. The van der Waals surface area contributed by atoms with Crippen molar-refractivity contribution in [3.8, 4) is 0 Å². The van der Waals surface area contributed by atoms with Crippen LogP contribution in [0.3, 0.4) is 0 Å². The van der Waals surface area contributed by atoms with E-state index in [1.165, 1.54) is 0 Å². The van der Waals surface area contributed by atoms with Gasteiger partial charge in [-0.25, -0.2) is 0 Å². The maximum atomic E-state index is 5.23. The number of nitrogens with zero attached hydrogens (tertiary/aromatic N) is 3. The average molecular weight is 280 g/mol. The van der Waals surface area contributed by atoms with Crippen LogP contribution in [0.4, 0.5) is 0 Å². The lowest BCUT2D eigenvalue weighted by Crippen LogP contribution is -2.40. The summed E-state index contributed by atoms with van der Waals surface area (Å²) in [5.41, 5.74) is 2.04. The first kappa shape index (κ1) is 14.8. The quantitative estimate of drug-likeness (QED) is 0.666. The van der Waals surface area contributed by atoms with Crippen LogP contribution in [0, 0.1) is 19.8 Å². The summed E-state index contributed by atoms with van der Waals surface area (Å²) in [7, 11) is 3.58. The van der Waals surface area contributed by atoms with Crippen LogP contribution in [0.1, 0.15) is 23.4 Å². The van der Waals surface area contributed by atoms with E-state index in [4.69, 9.17) is 9.26 Å². The molecule has 112 valence electrons. The number of rotatable bonds is 4. The van der Waals surface area contributed by atoms with Crippen molar-refractivity contribution >= 4 is 5.96 Å². The van der Waals surface area contributed by atoms with Crippen molar-refractivity contribution in [2.45, 2.75) is 26.8 Å². The first-order chi connectivity index (χ1) is 9.65. The molecular formula is C14H24N4O2. The first-order valence-corrected chi connectivity index (χ1v) is 7.02. The molecule has 20 heavy (non-hydrogen) atoms. The standard InChI is InChI=1S/C14H24N4O2/c1-10-13(11(2)20-17-10)7-16-14(15-3)18-6-5-12(8-18)9-19-4/h12H,5-9H2,1-4H3,(H,15,16). The molecule has 0 aliphatic carbocycles. The van der Waals surface area contributed by atoms with Gasteiger partial charge in [-0.05, 0) is 20.3 Å². The number of methoxy groups -OCH3 is 1. The fourth-order valence-electron chi connectivity index (χ4n) is 2.65. The highest BCUT2D eigenvalue weighted by Crippen LogP contribution is 2.17. The molecule has 1 atom stereocenters. The second kappa shape index (κ2) is 6.74. The van der Waals surface area contributed by atoms with E-state index in [2.05, 4.69) is 20.4 Å². The molecule has 2 heterocycles. The van der Waals surface area contributed by atoms with E-state index >= 15 is 0 Å². The Bertz CT molecular complexity index is 450. The van der Waals surface area contributed by atoms with E-state index in [9.17, 15) is 0 Å². The number of aliphatic imine (C=N–C) groups is 1. The van der Waals surface area contributed by atoms with Crippen molar-refractivity contribution in [1.82, 2.24) is 15.4 Å². The van der Waals surface area contributed by atoms with E-state index in [1.807, 2.05) is 20.9 Å². The normalized spacial score (nSPS) is 19.7. The minimum absolute atomic E-state index is 0.595. The van der Waals surface area contributed by atoms with Crippen LogP contribution < -0.4 is 5.32 Å². The van der Waals surface area contributed by atoms with Gasteiger partial charge in [-0.15, -0.1) is 0 Å². The van der Waals surface area contributed by atoms with E-state index < -0.39 is 0 Å². The number of aromatic nitrogens is 1. The first-order valence-electron chi connectivity index (χ1n) is 7.02. The largest absolute Gasteiger partial charge is 0.384 e. The lowest BCUT2D eigenvalue weighted by Gasteiger charge is -2.21. The van der Waals surface area contributed by atoms with Crippen LogP contribution in [0.25, 0.3) is 0 Å². The highest BCUT2D eigenvalue weighted by atomic mass is 16.5. The summed E-state index contributed by atoms with van der Waals surface area (Å²) in [6, 6.07) is 0. The molecule has 0 amide bonds. The third kappa shape index (κ3) is 3.30. The van der Waals surface area contributed by atoms with Crippen LogP contribution in [0.15, 0.2) is 9.52 Å². The third-order valence-electron chi connectivity index (χ3n) is 3.80. The van der Waals surface area contributed by atoms with Gasteiger partial charge in [0.05, 0.1) is 12.3 Å². The Morgan fingerprint density at radius 2 is 2.35 bits per heavy atom. The van der Waals surface area contributed by atoms with Gasteiger partial charge in [-0.3, -0.25) is 4.99 Å². The molecule has 1 aliphatic heterocycles. The fraction of sp³-hybridized carbons (Fsp3) is 0.714. The molecule has 1 aromatic rings. The average Bonchev–Trinajstić information content (AvgIpc) is 3.01. The third-order valence-corrected chi connectivity index (χ3v) is 3.80. The molecule has 0 spiro atoms. The molecule has 1 aromatic heterocycles. The topological polar surface area (TPSA) is 62.9 Å². The van der Waals surface area contributed by atoms with Crippen LogP contribution in [-0.4, -0.2) is 49.9 Å². The van der Waals surface area contributed by atoms with Crippen LogP contribution in [0.5, 0.6) is 0 Å². The molecule has 6 nitrogen and oxygen atoms in total. The number of guanidine groups is 1. The lowest BCUT2D eigenvalue weighted by molar-refractivity contribution is 0.157. The molecule has 0 saturated carbocycles. The zero-order valence-electron chi connectivity index (χ0n) is 12.8. The lowest BCUT2D eigenvalue weighted by atomic mass is 10.1. The van der Waals surface area contributed by atoms with Gasteiger partial charge < -0.3 is 19.5 Å². The molecule has 0 radical (unpaired) electrons. The Morgan fingerprint density at radius 3 is 2.95 bits per heavy atom. The summed E-state index contributed by atoms with van der Waals surface area (Å²) in [6.07, 6.45) is 1.15. The molecule has 0 bridgehead atoms. The summed E-state index contributed by atoms with van der Waals surface area (Å²) in [5.74, 6) is 2.39. The smallest absolute Gasteiger partial charge is 0.193 e. The van der Waals surface area contributed by atoms with Crippen molar-refractivity contribution in [3.05, 3.63) is 17.0 Å². The van der Waals surface area contributed by atoms with Gasteiger partial charge in [-0.1, -0.05) is 5.16 Å². The molecule has 1 aliphatic rings. The summed E-state index contributed by atoms with van der Waals surface area (Å²) in [5, 5.41) is 7.36. The maximum absolute atomic E-state index is 5.23. The Morgan fingerprint density at radius 1 is 1.55 bits per heavy atom. The van der Waals surface area contributed by atoms with Crippen LogP contribution >= 0.6 is 0 Å². The summed E-state index contributed by atoms with van der Waals surface area (Å²) in [6.45, 7) is 7.42. The molecule has 1 unspecified atom stereocenters. The molecule has 1 N–H and O–H groups in total. The molecule has 6 heteroatoms. The number of nitrogens with one attached hydrogen (secondary N) is 1. The SMILES string of the molecule is CN=C(NCc1c(C)noc1C)N1CCC(COC)C1. The van der Waals surface area contributed by atoms with Crippen molar-refractivity contribution in [2.24, 2.45) is 10.9 Å². The van der Waals surface area contributed by atoms with Crippen molar-refractivity contribution in [1.29, 1.82) is 0 Å². The Labute approximate surface area is 120 Å². The van der Waals surface area contributed by atoms with Crippen LogP contribution in [0.2, 0.25) is 0 Å². The van der Waals surface area contributed by atoms with E-state index in [0.717, 1.165) is 49.1 Å². The molecule has 1 saturated heterocycles. The van der Waals surface area contributed by atoms with Gasteiger partial charge in [0.15, 0.2) is 5.96 Å². The van der Waals surface area contributed by atoms with Crippen molar-refractivity contribution < 1.29 is 9.26 Å². The molecular weight excluding hydrogens is 256 g/mol. The predicted octanol–water partition coefficient (Wildman–Crippen LogP) is 1.34. The van der Waals surface area contributed by atoms with Gasteiger partial charge in [-0.2, -0.15) is 0 Å². The summed E-state index contributed by atoms with van der Waals surface area (Å²) in [4.78, 5) is 6.64. The zero-order valence-corrected chi connectivity index (χ0v) is 12.8. The fourth-order valence-corrected chi connectivity index (χ4v) is 2.65. The monoisotopic (exact) mass is 280 g/mol. The molecule has 2 rings (SSSR count). The second-order valence-electron chi connectivity index (χ2n) is 5.26. The minimum Gasteiger partial charge on any atom is -0.384 e. The summed E-state index contributed by atoms with van der Waals surface area (Å²) < 4.78 is 10.4. The number of hydrogen-bond donors (Lipinski definition) is 1. The van der Waals surface area contributed by atoms with Gasteiger partial charge >= 0.3 is 0 Å². The number of hydrogen-bond acceptors (Lipinski definition) is 4. The predicted molar refractivity (Wildman–Crippen MR) is 77.7 cm³/mol. The zero-order chi connectivity index (χ0) is 14.5. The van der Waals surface area contributed by atoms with Crippen LogP contribution in [-0.2, 0) is 11.3 Å². The van der Waals surface area contributed by atoms with Gasteiger partial charge in [0.2, 0.25) is 0 Å². The van der Waals surface area contributed by atoms with Gasteiger partial charge in [0.25, 0.3) is 0 Å². The second-order valence-corrected chi connectivity index (χ2v) is 5.26. The highest BCUT2D eigenvalue weighted by Gasteiger charge is 2.24. The van der Waals surface area contributed by atoms with E-state index in [-0.39, 0.29) is 0 Å². The van der Waals surface area contributed by atoms with Gasteiger partial charge in [0.1, 0.15) is 5.76 Å². The Balaban J connectivity index is 1.91. The Kier molecular flexibility index (Phi) is 5.00. The number of aryl methyl sites for hydroxylation is 2. The minimum atomic E-state index is 0.595. The molecule has 0 aromatic carbocycles. The van der Waals surface area contributed by atoms with Crippen molar-refractivity contribution in [3.63, 3.8) is 0 Å². The van der Waals surface area contributed by atoms with E-state index in [1.54, 1.807) is 7.11 Å². The highest BCUT2D eigenvalue weighted by molar-refractivity contribution is 5.80. The van der Waals surface area contributed by atoms with Crippen molar-refractivity contribution in [2.75, 3.05) is 33.9 Å². The maximum Gasteiger partial charge on any atom is 0.193 e. The van der Waals surface area contributed by atoms with Gasteiger partial charge in [0, 0.05) is 45.3 Å². The summed E-state index contributed by atoms with van der Waals surface area (Å²) >= 11 is 0. The van der Waals surface area contributed by atoms with E-state index in [0.29, 0.717) is 12.5 Å². The number of likely N-dealkylation sites (tertiary alicyclic amines) is 1. The Hall–Kier alpha value is -1.56. The number of ether oxygens (including phenoxy) is 1.